The summed E-state index contributed by atoms with van der Waals surface area (Å²) in [6, 6.07) is 6.64. The van der Waals surface area contributed by atoms with Crippen molar-refractivity contribution >= 4 is 23.1 Å². The average Bonchev–Trinajstić information content (AvgIpc) is 2.38. The van der Waals surface area contributed by atoms with Gasteiger partial charge in [0.1, 0.15) is 5.75 Å². The van der Waals surface area contributed by atoms with Gasteiger partial charge in [-0.3, -0.25) is 4.79 Å². The first-order chi connectivity index (χ1) is 8.58. The molecule has 3 N–H and O–H groups in total. The third-order valence-corrected chi connectivity index (χ3v) is 2.86. The van der Waals surface area contributed by atoms with Crippen LogP contribution in [0.3, 0.4) is 0 Å². The molecule has 0 aliphatic carbocycles. The molecule has 1 amide bonds. The predicted molar refractivity (Wildman–Crippen MR) is 75.9 cm³/mol. The zero-order valence-corrected chi connectivity index (χ0v) is 11.4. The van der Waals surface area contributed by atoms with Crippen LogP contribution in [-0.4, -0.2) is 24.0 Å². The second-order valence-electron chi connectivity index (χ2n) is 3.95. The maximum absolute atomic E-state index is 12.0. The number of carbonyl (C=O) groups excluding carboxylic acids is 1. The van der Waals surface area contributed by atoms with Gasteiger partial charge in [0.2, 0.25) is 0 Å². The molecule has 1 unspecified atom stereocenters. The van der Waals surface area contributed by atoms with Gasteiger partial charge in [0, 0.05) is 5.56 Å². The van der Waals surface area contributed by atoms with Gasteiger partial charge in [0.25, 0.3) is 5.91 Å². The lowest BCUT2D eigenvalue weighted by molar-refractivity contribution is 0.0945. The number of rotatable bonds is 6. The second kappa shape index (κ2) is 6.96. The van der Waals surface area contributed by atoms with E-state index in [0.717, 1.165) is 12.8 Å². The highest BCUT2D eigenvalue weighted by Crippen LogP contribution is 2.11. The Hall–Kier alpha value is -1.62. The summed E-state index contributed by atoms with van der Waals surface area (Å²) in [7, 11) is 1.58. The van der Waals surface area contributed by atoms with Crippen molar-refractivity contribution < 1.29 is 9.53 Å². The number of nitrogens with one attached hydrogen (secondary N) is 1. The number of carbonyl (C=O) groups is 1. The first-order valence-corrected chi connectivity index (χ1v) is 6.23. The third kappa shape index (κ3) is 4.00. The SMILES string of the molecule is CCCC(NC(=O)c1ccc(OC)cc1)C(N)=S. The average molecular weight is 266 g/mol. The molecule has 0 bridgehead atoms. The van der Waals surface area contributed by atoms with Crippen LogP contribution in [0.4, 0.5) is 0 Å². The Morgan fingerprint density at radius 1 is 1.44 bits per heavy atom. The van der Waals surface area contributed by atoms with Crippen LogP contribution >= 0.6 is 12.2 Å². The van der Waals surface area contributed by atoms with Crippen LogP contribution in [0.1, 0.15) is 30.1 Å². The van der Waals surface area contributed by atoms with Gasteiger partial charge in [-0.05, 0) is 30.7 Å². The summed E-state index contributed by atoms with van der Waals surface area (Å²) in [5.74, 6) is 0.537. The minimum Gasteiger partial charge on any atom is -0.497 e. The molecule has 98 valence electrons. The lowest BCUT2D eigenvalue weighted by Gasteiger charge is -2.16. The molecule has 1 aromatic rings. The van der Waals surface area contributed by atoms with Gasteiger partial charge >= 0.3 is 0 Å². The normalized spacial score (nSPS) is 11.7. The van der Waals surface area contributed by atoms with Gasteiger partial charge in [-0.25, -0.2) is 0 Å². The number of hydrogen-bond acceptors (Lipinski definition) is 3. The van der Waals surface area contributed by atoms with E-state index in [0.29, 0.717) is 16.3 Å². The molecule has 0 aromatic heterocycles. The molecule has 1 atom stereocenters. The molecular weight excluding hydrogens is 248 g/mol. The fourth-order valence-electron chi connectivity index (χ4n) is 1.56. The number of ether oxygens (including phenoxy) is 1. The van der Waals surface area contributed by atoms with Crippen molar-refractivity contribution in [3.63, 3.8) is 0 Å². The van der Waals surface area contributed by atoms with E-state index >= 15 is 0 Å². The molecule has 4 nitrogen and oxygen atoms in total. The monoisotopic (exact) mass is 266 g/mol. The summed E-state index contributed by atoms with van der Waals surface area (Å²) < 4.78 is 5.03. The van der Waals surface area contributed by atoms with Crippen molar-refractivity contribution in [2.24, 2.45) is 5.73 Å². The molecule has 0 spiro atoms. The Kier molecular flexibility index (Phi) is 5.58. The first kappa shape index (κ1) is 14.4. The number of amides is 1. The number of benzene rings is 1. The number of thiocarbonyl (C=S) groups is 1. The van der Waals surface area contributed by atoms with Gasteiger partial charge in [-0.15, -0.1) is 0 Å². The zero-order valence-electron chi connectivity index (χ0n) is 10.6. The smallest absolute Gasteiger partial charge is 0.251 e. The fraction of sp³-hybridized carbons (Fsp3) is 0.385. The Bertz CT molecular complexity index is 418. The predicted octanol–water partition coefficient (Wildman–Crippen LogP) is 1.88. The van der Waals surface area contributed by atoms with E-state index in [1.807, 2.05) is 6.92 Å². The molecule has 0 saturated heterocycles. The van der Waals surface area contributed by atoms with Crippen LogP contribution in [0.15, 0.2) is 24.3 Å². The second-order valence-corrected chi connectivity index (χ2v) is 4.42. The molecule has 0 heterocycles. The van der Waals surface area contributed by atoms with Crippen LogP contribution < -0.4 is 15.8 Å². The first-order valence-electron chi connectivity index (χ1n) is 5.82. The molecule has 1 aromatic carbocycles. The Labute approximate surface area is 113 Å². The van der Waals surface area contributed by atoms with Gasteiger partial charge < -0.3 is 15.8 Å². The molecule has 0 fully saturated rings. The Morgan fingerprint density at radius 2 is 2.06 bits per heavy atom. The molecular formula is C13H18N2O2S. The standard InChI is InChI=1S/C13H18N2O2S/c1-3-4-11(12(14)18)15-13(16)9-5-7-10(17-2)8-6-9/h5-8,11H,3-4H2,1-2H3,(H2,14,18)(H,15,16). The zero-order chi connectivity index (χ0) is 13.5. The van der Waals surface area contributed by atoms with E-state index < -0.39 is 0 Å². The van der Waals surface area contributed by atoms with Gasteiger partial charge in [-0.1, -0.05) is 25.6 Å². The minimum absolute atomic E-state index is 0.177. The summed E-state index contributed by atoms with van der Waals surface area (Å²) >= 11 is 4.93. The Balaban J connectivity index is 2.70. The van der Waals surface area contributed by atoms with Crippen LogP contribution in [0.25, 0.3) is 0 Å². The van der Waals surface area contributed by atoms with Crippen molar-refractivity contribution in [3.8, 4) is 5.75 Å². The minimum atomic E-state index is -0.250. The molecule has 0 saturated carbocycles. The van der Waals surface area contributed by atoms with Crippen molar-refractivity contribution in [1.82, 2.24) is 5.32 Å². The molecule has 1 rings (SSSR count). The lowest BCUT2D eigenvalue weighted by atomic mass is 10.1. The van der Waals surface area contributed by atoms with Gasteiger partial charge in [0.05, 0.1) is 18.1 Å². The summed E-state index contributed by atoms with van der Waals surface area (Å²) in [6.07, 6.45) is 1.65. The van der Waals surface area contributed by atoms with E-state index in [1.165, 1.54) is 0 Å². The highest BCUT2D eigenvalue weighted by molar-refractivity contribution is 7.80. The van der Waals surface area contributed by atoms with E-state index in [4.69, 9.17) is 22.7 Å². The summed E-state index contributed by atoms with van der Waals surface area (Å²) in [5, 5.41) is 2.83. The number of methoxy groups -OCH3 is 1. The largest absolute Gasteiger partial charge is 0.497 e. The van der Waals surface area contributed by atoms with E-state index in [9.17, 15) is 4.79 Å². The molecule has 0 aliphatic heterocycles. The molecule has 0 aliphatic rings. The quantitative estimate of drug-likeness (QED) is 0.772. The third-order valence-electron chi connectivity index (χ3n) is 2.58. The van der Waals surface area contributed by atoms with Crippen LogP contribution in [0.5, 0.6) is 5.75 Å². The van der Waals surface area contributed by atoms with Crippen molar-refractivity contribution in [1.29, 1.82) is 0 Å². The summed E-state index contributed by atoms with van der Waals surface area (Å²) in [5.41, 5.74) is 6.15. The maximum Gasteiger partial charge on any atom is 0.251 e. The summed E-state index contributed by atoms with van der Waals surface area (Å²) in [4.78, 5) is 12.3. The highest BCUT2D eigenvalue weighted by Gasteiger charge is 2.15. The topological polar surface area (TPSA) is 64.3 Å². The Morgan fingerprint density at radius 3 is 2.50 bits per heavy atom. The van der Waals surface area contributed by atoms with E-state index in [-0.39, 0.29) is 11.9 Å². The summed E-state index contributed by atoms with van der Waals surface area (Å²) in [6.45, 7) is 2.02. The van der Waals surface area contributed by atoms with Crippen LogP contribution in [-0.2, 0) is 0 Å². The number of hydrogen-bond donors (Lipinski definition) is 2. The van der Waals surface area contributed by atoms with Crippen LogP contribution in [0.2, 0.25) is 0 Å². The van der Waals surface area contributed by atoms with E-state index in [2.05, 4.69) is 5.32 Å². The molecule has 18 heavy (non-hydrogen) atoms. The van der Waals surface area contributed by atoms with Crippen molar-refractivity contribution in [3.05, 3.63) is 29.8 Å². The van der Waals surface area contributed by atoms with Crippen molar-refractivity contribution in [2.45, 2.75) is 25.8 Å². The highest BCUT2D eigenvalue weighted by atomic mass is 32.1. The fourth-order valence-corrected chi connectivity index (χ4v) is 1.73. The molecule has 5 heteroatoms. The van der Waals surface area contributed by atoms with Gasteiger partial charge in [-0.2, -0.15) is 0 Å². The van der Waals surface area contributed by atoms with Crippen molar-refractivity contribution in [2.75, 3.05) is 7.11 Å². The lowest BCUT2D eigenvalue weighted by Crippen LogP contribution is -2.43. The number of nitrogens with two attached hydrogens (primary N) is 1. The van der Waals surface area contributed by atoms with Crippen LogP contribution in [0, 0.1) is 0 Å². The van der Waals surface area contributed by atoms with Gasteiger partial charge in [0.15, 0.2) is 0 Å². The molecule has 0 radical (unpaired) electrons. The van der Waals surface area contributed by atoms with E-state index in [1.54, 1.807) is 31.4 Å². The maximum atomic E-state index is 12.0.